The van der Waals surface area contributed by atoms with E-state index < -0.39 is 10.0 Å². The number of nitrogens with zero attached hydrogens (tertiary/aromatic N) is 2. The molecule has 5 nitrogen and oxygen atoms in total. The van der Waals surface area contributed by atoms with Gasteiger partial charge in [0.25, 0.3) is 10.0 Å². The number of alkyl halides is 1. The molecule has 1 unspecified atom stereocenters. The maximum atomic E-state index is 12.4. The summed E-state index contributed by atoms with van der Waals surface area (Å²) in [6, 6.07) is 0.0809. The van der Waals surface area contributed by atoms with Gasteiger partial charge in [-0.15, -0.1) is 11.6 Å². The van der Waals surface area contributed by atoms with Crippen molar-refractivity contribution < 1.29 is 8.42 Å². The minimum Gasteiger partial charge on any atom is -0.332 e. The fourth-order valence-electron chi connectivity index (χ4n) is 2.38. The molecule has 0 aromatic carbocycles. The average molecular weight is 292 g/mol. The maximum absolute atomic E-state index is 12.4. The number of aromatic nitrogens is 2. The van der Waals surface area contributed by atoms with E-state index in [0.717, 1.165) is 25.7 Å². The van der Waals surface area contributed by atoms with E-state index in [-0.39, 0.29) is 11.1 Å². The van der Waals surface area contributed by atoms with Crippen LogP contribution in [0.5, 0.6) is 0 Å². The Balaban J connectivity index is 2.18. The fraction of sp³-hybridized carbons (Fsp3) is 0.727. The third-order valence-electron chi connectivity index (χ3n) is 3.26. The Morgan fingerprint density at radius 1 is 1.61 bits per heavy atom. The zero-order valence-electron chi connectivity index (χ0n) is 10.4. The van der Waals surface area contributed by atoms with E-state index >= 15 is 0 Å². The molecule has 102 valence electrons. The van der Waals surface area contributed by atoms with E-state index in [4.69, 9.17) is 11.6 Å². The Hall–Kier alpha value is -0.590. The second kappa shape index (κ2) is 5.59. The first-order valence-corrected chi connectivity index (χ1v) is 8.12. The first-order chi connectivity index (χ1) is 8.55. The second-order valence-electron chi connectivity index (χ2n) is 4.58. The maximum Gasteiger partial charge on any atom is 0.260 e. The predicted molar refractivity (Wildman–Crippen MR) is 70.2 cm³/mol. The van der Waals surface area contributed by atoms with Gasteiger partial charge < -0.3 is 4.98 Å². The molecular weight excluding hydrogens is 274 g/mol. The molecule has 1 fully saturated rings. The molecule has 1 aromatic rings. The van der Waals surface area contributed by atoms with Crippen molar-refractivity contribution in [1.29, 1.82) is 0 Å². The molecular formula is C11H18ClN3O2S. The number of hydrogen-bond acceptors (Lipinski definition) is 3. The van der Waals surface area contributed by atoms with Gasteiger partial charge in [0.1, 0.15) is 5.82 Å². The van der Waals surface area contributed by atoms with E-state index in [2.05, 4.69) is 9.97 Å². The van der Waals surface area contributed by atoms with Crippen molar-refractivity contribution in [1.82, 2.24) is 14.3 Å². The van der Waals surface area contributed by atoms with Crippen LogP contribution >= 0.6 is 11.6 Å². The van der Waals surface area contributed by atoms with E-state index in [0.29, 0.717) is 18.2 Å². The van der Waals surface area contributed by atoms with Crippen LogP contribution in [0.1, 0.15) is 31.5 Å². The van der Waals surface area contributed by atoms with Gasteiger partial charge >= 0.3 is 0 Å². The van der Waals surface area contributed by atoms with E-state index in [1.165, 1.54) is 6.20 Å². The smallest absolute Gasteiger partial charge is 0.260 e. The summed E-state index contributed by atoms with van der Waals surface area (Å²) in [4.78, 5) is 6.76. The molecule has 1 saturated heterocycles. The van der Waals surface area contributed by atoms with Crippen LogP contribution in [-0.4, -0.2) is 41.2 Å². The molecule has 7 heteroatoms. The van der Waals surface area contributed by atoms with Gasteiger partial charge in [-0.1, -0.05) is 0 Å². The Bertz CT molecular complexity index is 500. The van der Waals surface area contributed by atoms with Crippen molar-refractivity contribution in [3.05, 3.63) is 12.0 Å². The number of sulfonamides is 1. The van der Waals surface area contributed by atoms with Crippen LogP contribution in [-0.2, 0) is 10.0 Å². The summed E-state index contributed by atoms with van der Waals surface area (Å²) in [7, 11) is -3.43. The molecule has 2 heterocycles. The van der Waals surface area contributed by atoms with Crippen LogP contribution in [0.2, 0.25) is 0 Å². The normalized spacial score (nSPS) is 21.6. The van der Waals surface area contributed by atoms with Gasteiger partial charge in [-0.05, 0) is 32.6 Å². The summed E-state index contributed by atoms with van der Waals surface area (Å²) in [6.07, 6.45) is 4.90. The molecule has 1 aliphatic heterocycles. The second-order valence-corrected chi connectivity index (χ2v) is 6.81. The Labute approximate surface area is 113 Å². The third-order valence-corrected chi connectivity index (χ3v) is 5.39. The van der Waals surface area contributed by atoms with Crippen molar-refractivity contribution in [2.24, 2.45) is 0 Å². The molecule has 0 bridgehead atoms. The van der Waals surface area contributed by atoms with Gasteiger partial charge in [0, 0.05) is 18.5 Å². The van der Waals surface area contributed by atoms with Gasteiger partial charge in [0.2, 0.25) is 0 Å². The molecule has 0 spiro atoms. The predicted octanol–water partition coefficient (Wildman–Crippen LogP) is 1.89. The number of aromatic amines is 1. The standard InChI is InChI=1S/C11H18ClN3O2S/c1-9-13-8-11(14-9)18(16,17)15-7-3-5-10(15)4-2-6-12/h8,10H,2-7H2,1H3,(H,13,14). The van der Waals surface area contributed by atoms with Crippen LogP contribution in [0.25, 0.3) is 0 Å². The van der Waals surface area contributed by atoms with E-state index in [1.807, 2.05) is 0 Å². The first-order valence-electron chi connectivity index (χ1n) is 6.15. The summed E-state index contributed by atoms with van der Waals surface area (Å²) >= 11 is 5.68. The van der Waals surface area contributed by atoms with Crippen LogP contribution in [0.3, 0.4) is 0 Å². The van der Waals surface area contributed by atoms with Crippen LogP contribution in [0.4, 0.5) is 0 Å². The lowest BCUT2D eigenvalue weighted by molar-refractivity contribution is 0.367. The molecule has 0 aliphatic carbocycles. The summed E-state index contributed by atoms with van der Waals surface area (Å²) < 4.78 is 26.5. The molecule has 2 rings (SSSR count). The summed E-state index contributed by atoms with van der Waals surface area (Å²) in [5.41, 5.74) is 0. The molecule has 0 saturated carbocycles. The van der Waals surface area contributed by atoms with Gasteiger partial charge in [0.05, 0.1) is 6.20 Å². The lowest BCUT2D eigenvalue weighted by Gasteiger charge is -2.22. The number of H-pyrrole nitrogens is 1. The van der Waals surface area contributed by atoms with Gasteiger partial charge in [-0.3, -0.25) is 0 Å². The minimum absolute atomic E-state index is 0.0809. The highest BCUT2D eigenvalue weighted by Gasteiger charge is 2.35. The Kier molecular flexibility index (Phi) is 4.29. The molecule has 0 amide bonds. The molecule has 1 N–H and O–H groups in total. The summed E-state index contributed by atoms with van der Waals surface area (Å²) in [5.74, 6) is 1.19. The number of rotatable bonds is 5. The Morgan fingerprint density at radius 3 is 3.00 bits per heavy atom. The topological polar surface area (TPSA) is 66.1 Å². The molecule has 0 radical (unpaired) electrons. The first kappa shape index (κ1) is 13.8. The van der Waals surface area contributed by atoms with Crippen LogP contribution in [0, 0.1) is 6.92 Å². The van der Waals surface area contributed by atoms with Gasteiger partial charge in [0.15, 0.2) is 5.03 Å². The number of imidazole rings is 1. The molecule has 18 heavy (non-hydrogen) atoms. The van der Waals surface area contributed by atoms with Gasteiger partial charge in [-0.2, -0.15) is 4.31 Å². The van der Waals surface area contributed by atoms with Crippen molar-refractivity contribution in [3.63, 3.8) is 0 Å². The highest BCUT2D eigenvalue weighted by Crippen LogP contribution is 2.27. The van der Waals surface area contributed by atoms with Crippen molar-refractivity contribution >= 4 is 21.6 Å². The minimum atomic E-state index is -3.43. The quantitative estimate of drug-likeness (QED) is 0.843. The monoisotopic (exact) mass is 291 g/mol. The highest BCUT2D eigenvalue weighted by atomic mass is 35.5. The van der Waals surface area contributed by atoms with Crippen LogP contribution in [0.15, 0.2) is 11.2 Å². The fourth-order valence-corrected chi connectivity index (χ4v) is 4.22. The zero-order chi connectivity index (χ0) is 13.2. The van der Waals surface area contributed by atoms with E-state index in [9.17, 15) is 8.42 Å². The van der Waals surface area contributed by atoms with Crippen LogP contribution < -0.4 is 0 Å². The molecule has 1 atom stereocenters. The zero-order valence-corrected chi connectivity index (χ0v) is 12.0. The number of aryl methyl sites for hydroxylation is 1. The van der Waals surface area contributed by atoms with E-state index in [1.54, 1.807) is 11.2 Å². The number of halogens is 1. The van der Waals surface area contributed by atoms with Crippen molar-refractivity contribution in [2.45, 2.75) is 43.7 Å². The number of nitrogens with one attached hydrogen (secondary N) is 1. The number of hydrogen-bond donors (Lipinski definition) is 1. The van der Waals surface area contributed by atoms with Crippen molar-refractivity contribution in [2.75, 3.05) is 12.4 Å². The third kappa shape index (κ3) is 2.70. The van der Waals surface area contributed by atoms with Crippen molar-refractivity contribution in [3.8, 4) is 0 Å². The summed E-state index contributed by atoms with van der Waals surface area (Å²) in [6.45, 7) is 2.33. The Morgan fingerprint density at radius 2 is 2.39 bits per heavy atom. The highest BCUT2D eigenvalue weighted by molar-refractivity contribution is 7.89. The molecule has 1 aromatic heterocycles. The van der Waals surface area contributed by atoms with Gasteiger partial charge in [-0.25, -0.2) is 13.4 Å². The SMILES string of the molecule is Cc1ncc(S(=O)(=O)N2CCCC2CCCCl)[nH]1. The lowest BCUT2D eigenvalue weighted by Crippen LogP contribution is -2.35. The summed E-state index contributed by atoms with van der Waals surface area (Å²) in [5, 5.41) is 0.192. The molecule has 1 aliphatic rings. The lowest BCUT2D eigenvalue weighted by atomic mass is 10.1. The largest absolute Gasteiger partial charge is 0.332 e. The average Bonchev–Trinajstić information content (AvgIpc) is 2.95.